The molecule has 3 heterocycles. The van der Waals surface area contributed by atoms with Crippen molar-refractivity contribution >= 4 is 0 Å². The first-order valence-electron chi connectivity index (χ1n) is 10.8. The van der Waals surface area contributed by atoms with Gasteiger partial charge in [0.05, 0.1) is 44.1 Å². The van der Waals surface area contributed by atoms with Crippen LogP contribution in [0, 0.1) is 5.92 Å². The van der Waals surface area contributed by atoms with E-state index in [1.54, 1.807) is 0 Å². The van der Waals surface area contributed by atoms with E-state index in [2.05, 4.69) is 0 Å². The van der Waals surface area contributed by atoms with Gasteiger partial charge in [0.2, 0.25) is 0 Å². The highest BCUT2D eigenvalue weighted by Crippen LogP contribution is 2.33. The van der Waals surface area contributed by atoms with Crippen LogP contribution in [0.2, 0.25) is 0 Å². The number of ether oxygens (including phenoxy) is 5. The fourth-order valence-corrected chi connectivity index (χ4v) is 4.27. The van der Waals surface area contributed by atoms with Crippen LogP contribution in [-0.2, 0) is 23.7 Å². The molecular weight excluding hydrogens is 432 g/mol. The van der Waals surface area contributed by atoms with Crippen LogP contribution in [0.25, 0.3) is 0 Å². The molecule has 0 spiro atoms. The van der Waals surface area contributed by atoms with Gasteiger partial charge in [-0.05, 0) is 12.8 Å². The summed E-state index contributed by atoms with van der Waals surface area (Å²) in [7, 11) is 0. The lowest BCUT2D eigenvalue weighted by atomic mass is 9.94. The van der Waals surface area contributed by atoms with E-state index in [4.69, 9.17) is 35.2 Å². The van der Waals surface area contributed by atoms with E-state index < -0.39 is 86.9 Å². The van der Waals surface area contributed by atoms with Gasteiger partial charge in [-0.2, -0.15) is 0 Å². The molecule has 0 amide bonds. The zero-order chi connectivity index (χ0) is 23.6. The smallest absolute Gasteiger partial charge is 0.176 e. The molecule has 0 aromatic heterocycles. The SMILES string of the molecule is C[C@@H]1C[C@H](O[C@@H]2O[C@H](CO)[C@@H](O)[C@H](O)[C@H]2N)[C@@H](CO)O[C@H]1O[C@H]1C[C@@H](N)[C@H](O)O[C@@H]1CO. The third kappa shape index (κ3) is 5.58. The minimum absolute atomic E-state index is 0.228. The van der Waals surface area contributed by atoms with E-state index in [0.717, 1.165) is 0 Å². The maximum absolute atomic E-state index is 10.1. The predicted molar refractivity (Wildman–Crippen MR) is 106 cm³/mol. The van der Waals surface area contributed by atoms with E-state index >= 15 is 0 Å². The van der Waals surface area contributed by atoms with Crippen LogP contribution < -0.4 is 11.5 Å². The van der Waals surface area contributed by atoms with E-state index in [9.17, 15) is 30.6 Å². The predicted octanol–water partition coefficient (Wildman–Crippen LogP) is -4.31. The van der Waals surface area contributed by atoms with Crippen LogP contribution in [0.1, 0.15) is 19.8 Å². The number of aliphatic hydroxyl groups is 6. The highest BCUT2D eigenvalue weighted by molar-refractivity contribution is 4.93. The molecule has 0 saturated carbocycles. The Morgan fingerprint density at radius 2 is 1.28 bits per heavy atom. The average Bonchev–Trinajstić information content (AvgIpc) is 2.77. The van der Waals surface area contributed by atoms with Crippen molar-refractivity contribution in [3.8, 4) is 0 Å². The second kappa shape index (κ2) is 11.3. The molecule has 0 bridgehead atoms. The lowest BCUT2D eigenvalue weighted by Crippen LogP contribution is -2.64. The highest BCUT2D eigenvalue weighted by atomic mass is 16.7. The second-order valence-corrected chi connectivity index (χ2v) is 8.72. The molecule has 0 aromatic rings. The number of nitrogens with two attached hydrogens (primary N) is 2. The van der Waals surface area contributed by atoms with Gasteiger partial charge < -0.3 is 65.8 Å². The summed E-state index contributed by atoms with van der Waals surface area (Å²) >= 11 is 0. The van der Waals surface area contributed by atoms with E-state index in [1.165, 1.54) is 0 Å². The normalized spacial score (nSPS) is 50.3. The zero-order valence-electron chi connectivity index (χ0n) is 17.9. The van der Waals surface area contributed by atoms with Gasteiger partial charge in [0.15, 0.2) is 18.9 Å². The van der Waals surface area contributed by atoms with E-state index in [0.29, 0.717) is 6.42 Å². The average molecular weight is 469 g/mol. The lowest BCUT2D eigenvalue weighted by molar-refractivity contribution is -0.331. The first-order chi connectivity index (χ1) is 15.2. The van der Waals surface area contributed by atoms with Crippen LogP contribution in [0.15, 0.2) is 0 Å². The number of hydrogen-bond donors (Lipinski definition) is 8. The first-order valence-corrected chi connectivity index (χ1v) is 10.8. The maximum atomic E-state index is 10.1. The summed E-state index contributed by atoms with van der Waals surface area (Å²) in [6.45, 7) is 0.532. The Hall–Kier alpha value is -0.520. The van der Waals surface area contributed by atoms with Crippen LogP contribution in [0.4, 0.5) is 0 Å². The molecule has 32 heavy (non-hydrogen) atoms. The van der Waals surface area contributed by atoms with Gasteiger partial charge in [-0.25, -0.2) is 0 Å². The molecule has 3 fully saturated rings. The van der Waals surface area contributed by atoms with E-state index in [-0.39, 0.29) is 18.9 Å². The molecule has 0 aliphatic carbocycles. The van der Waals surface area contributed by atoms with Crippen LogP contribution >= 0.6 is 0 Å². The van der Waals surface area contributed by atoms with Crippen molar-refractivity contribution in [1.82, 2.24) is 0 Å². The number of aliphatic hydroxyl groups excluding tert-OH is 6. The monoisotopic (exact) mass is 468 g/mol. The summed E-state index contributed by atoms with van der Waals surface area (Å²) in [4.78, 5) is 0. The van der Waals surface area contributed by atoms with Crippen molar-refractivity contribution in [3.63, 3.8) is 0 Å². The molecule has 13 nitrogen and oxygen atoms in total. The number of rotatable bonds is 7. The number of hydrogen-bond acceptors (Lipinski definition) is 13. The van der Waals surface area contributed by atoms with Gasteiger partial charge in [0.1, 0.15) is 30.5 Å². The Labute approximate surface area is 185 Å². The van der Waals surface area contributed by atoms with Crippen molar-refractivity contribution in [2.75, 3.05) is 19.8 Å². The molecule has 0 aromatic carbocycles. The zero-order valence-corrected chi connectivity index (χ0v) is 17.9. The Morgan fingerprint density at radius 1 is 0.750 bits per heavy atom. The van der Waals surface area contributed by atoms with Gasteiger partial charge in [-0.15, -0.1) is 0 Å². The van der Waals surface area contributed by atoms with Gasteiger partial charge in [-0.3, -0.25) is 0 Å². The first kappa shape index (κ1) is 26.1. The Morgan fingerprint density at radius 3 is 1.91 bits per heavy atom. The minimum Gasteiger partial charge on any atom is -0.394 e. The van der Waals surface area contributed by atoms with Gasteiger partial charge in [0.25, 0.3) is 0 Å². The summed E-state index contributed by atoms with van der Waals surface area (Å²) in [6.07, 6.45) is -9.17. The summed E-state index contributed by atoms with van der Waals surface area (Å²) in [5.41, 5.74) is 11.8. The molecule has 3 rings (SSSR count). The summed E-state index contributed by atoms with van der Waals surface area (Å²) in [5.74, 6) is -0.228. The van der Waals surface area contributed by atoms with Crippen molar-refractivity contribution in [1.29, 1.82) is 0 Å². The highest BCUT2D eigenvalue weighted by Gasteiger charge is 2.47. The summed E-state index contributed by atoms with van der Waals surface area (Å²) in [5, 5.41) is 58.6. The molecular formula is C19H36N2O11. The van der Waals surface area contributed by atoms with Crippen LogP contribution in [0.3, 0.4) is 0 Å². The summed E-state index contributed by atoms with van der Waals surface area (Å²) in [6, 6.07) is -1.76. The Kier molecular flexibility index (Phi) is 9.19. The van der Waals surface area contributed by atoms with Crippen LogP contribution in [-0.4, -0.2) is 124 Å². The van der Waals surface area contributed by atoms with Crippen molar-refractivity contribution in [2.24, 2.45) is 17.4 Å². The fraction of sp³-hybridized carbons (Fsp3) is 1.00. The molecule has 0 unspecified atom stereocenters. The quantitative estimate of drug-likeness (QED) is 0.177. The molecule has 0 radical (unpaired) electrons. The molecule has 13 heteroatoms. The van der Waals surface area contributed by atoms with Gasteiger partial charge in [-0.1, -0.05) is 6.92 Å². The van der Waals surface area contributed by atoms with E-state index in [1.807, 2.05) is 6.92 Å². The third-order valence-electron chi connectivity index (χ3n) is 6.30. The molecule has 3 aliphatic heterocycles. The molecule has 188 valence electrons. The van der Waals surface area contributed by atoms with Crippen molar-refractivity contribution < 1.29 is 54.3 Å². The standard InChI is InChI=1S/C19H36N2O11/c1-7-2-9(30-19-14(21)16(26)15(25)13(6-24)32-19)12(5-23)31-18(7)29-10-3-8(20)17(27)28-11(10)4-22/h7-19,22-27H,2-6,20-21H2,1H3/t7-,8-,9+,10+,11-,12-,13-,14-,15-,16-,17-,18-,19-/m1/s1. The largest absolute Gasteiger partial charge is 0.394 e. The topological polar surface area (TPSA) is 220 Å². The molecule has 10 N–H and O–H groups in total. The minimum atomic E-state index is -1.36. The van der Waals surface area contributed by atoms with Crippen molar-refractivity contribution in [2.45, 2.75) is 93.4 Å². The molecule has 3 aliphatic rings. The summed E-state index contributed by atoms with van der Waals surface area (Å²) < 4.78 is 28.6. The lowest BCUT2D eigenvalue weighted by Gasteiger charge is -2.46. The fourth-order valence-electron chi connectivity index (χ4n) is 4.27. The molecule has 13 atom stereocenters. The van der Waals surface area contributed by atoms with Crippen molar-refractivity contribution in [3.05, 3.63) is 0 Å². The van der Waals surface area contributed by atoms with Gasteiger partial charge >= 0.3 is 0 Å². The third-order valence-corrected chi connectivity index (χ3v) is 6.30. The maximum Gasteiger partial charge on any atom is 0.176 e. The Bertz CT molecular complexity index is 587. The second-order valence-electron chi connectivity index (χ2n) is 8.72. The Balaban J connectivity index is 1.62. The molecule has 3 saturated heterocycles. The van der Waals surface area contributed by atoms with Gasteiger partial charge in [0, 0.05) is 5.92 Å². The van der Waals surface area contributed by atoms with Crippen LogP contribution in [0.5, 0.6) is 0 Å².